The topological polar surface area (TPSA) is 16.1 Å². The average Bonchev–Trinajstić information content (AvgIpc) is 2.31. The third-order valence-corrected chi connectivity index (χ3v) is 2.76. The van der Waals surface area contributed by atoms with Gasteiger partial charge in [-0.25, -0.2) is 4.90 Å². The highest BCUT2D eigenvalue weighted by Crippen LogP contribution is 2.33. The molecule has 2 rings (SSSR count). The van der Waals surface area contributed by atoms with Crippen molar-refractivity contribution < 1.29 is 8.78 Å². The molecule has 1 aromatic rings. The summed E-state index contributed by atoms with van der Waals surface area (Å²) in [6, 6.07) is 0.115. The van der Waals surface area contributed by atoms with E-state index in [4.69, 9.17) is 0 Å². The highest BCUT2D eigenvalue weighted by Gasteiger charge is 2.39. The molecule has 0 N–H and O–H groups in total. The van der Waals surface area contributed by atoms with Crippen LogP contribution in [0.4, 0.5) is 8.78 Å². The molecule has 0 unspecified atom stereocenters. The Balaban J connectivity index is 2.18. The minimum Gasteiger partial charge on any atom is -0.264 e. The quantitative estimate of drug-likeness (QED) is 0.700. The standard InChI is InChI=1S/C11H14F2N2/c12-11(13,10-5-4-6-14-9-10)15-7-2-1-3-8-15/h4-6,9H,1-3,7-8H2. The first-order chi connectivity index (χ1) is 7.21. The Morgan fingerprint density at radius 3 is 2.53 bits per heavy atom. The summed E-state index contributed by atoms with van der Waals surface area (Å²) < 4.78 is 27.9. The van der Waals surface area contributed by atoms with E-state index in [9.17, 15) is 8.78 Å². The van der Waals surface area contributed by atoms with Crippen LogP contribution < -0.4 is 0 Å². The summed E-state index contributed by atoms with van der Waals surface area (Å²) in [4.78, 5) is 4.98. The van der Waals surface area contributed by atoms with Crippen LogP contribution in [0.25, 0.3) is 0 Å². The molecule has 0 saturated carbocycles. The molecule has 1 saturated heterocycles. The van der Waals surface area contributed by atoms with Crippen LogP contribution in [0.3, 0.4) is 0 Å². The van der Waals surface area contributed by atoms with E-state index < -0.39 is 6.05 Å². The fourth-order valence-electron chi connectivity index (χ4n) is 1.90. The fourth-order valence-corrected chi connectivity index (χ4v) is 1.90. The second-order valence-electron chi connectivity index (χ2n) is 3.83. The normalized spacial score (nSPS) is 19.1. The molecule has 2 heterocycles. The predicted octanol–water partition coefficient (Wildman–Crippen LogP) is 2.62. The van der Waals surface area contributed by atoms with Crippen molar-refractivity contribution in [3.05, 3.63) is 30.1 Å². The van der Waals surface area contributed by atoms with Crippen LogP contribution in [0.15, 0.2) is 24.5 Å². The number of piperidine rings is 1. The van der Waals surface area contributed by atoms with Crippen molar-refractivity contribution in [2.24, 2.45) is 0 Å². The summed E-state index contributed by atoms with van der Waals surface area (Å²) >= 11 is 0. The molecule has 1 aliphatic rings. The molecule has 1 aliphatic heterocycles. The first kappa shape index (κ1) is 10.5. The van der Waals surface area contributed by atoms with Crippen molar-refractivity contribution in [2.75, 3.05) is 13.1 Å². The molecule has 0 bridgehead atoms. The van der Waals surface area contributed by atoms with Gasteiger partial charge in [-0.1, -0.05) is 6.42 Å². The Morgan fingerprint density at radius 1 is 1.20 bits per heavy atom. The van der Waals surface area contributed by atoms with Crippen LogP contribution in [0.2, 0.25) is 0 Å². The van der Waals surface area contributed by atoms with E-state index in [2.05, 4.69) is 4.98 Å². The Labute approximate surface area is 87.9 Å². The van der Waals surface area contributed by atoms with Crippen molar-refractivity contribution in [1.82, 2.24) is 9.88 Å². The maximum atomic E-state index is 13.9. The van der Waals surface area contributed by atoms with Crippen LogP contribution in [0.5, 0.6) is 0 Å². The Hall–Kier alpha value is -1.03. The van der Waals surface area contributed by atoms with E-state index in [0.717, 1.165) is 19.3 Å². The Morgan fingerprint density at radius 2 is 1.93 bits per heavy atom. The van der Waals surface area contributed by atoms with Crippen molar-refractivity contribution in [3.63, 3.8) is 0 Å². The molecule has 0 spiro atoms. The van der Waals surface area contributed by atoms with Gasteiger partial charge in [-0.05, 0) is 25.0 Å². The lowest BCUT2D eigenvalue weighted by molar-refractivity contribution is -0.161. The van der Waals surface area contributed by atoms with Gasteiger partial charge >= 0.3 is 6.05 Å². The molecule has 0 aromatic carbocycles. The number of hydrogen-bond acceptors (Lipinski definition) is 2. The van der Waals surface area contributed by atoms with Crippen LogP contribution in [-0.4, -0.2) is 23.0 Å². The number of hydrogen-bond donors (Lipinski definition) is 0. The van der Waals surface area contributed by atoms with E-state index in [-0.39, 0.29) is 5.56 Å². The summed E-state index contributed by atoms with van der Waals surface area (Å²) in [7, 11) is 0. The van der Waals surface area contributed by atoms with E-state index in [0.29, 0.717) is 13.1 Å². The molecule has 0 amide bonds. The highest BCUT2D eigenvalue weighted by atomic mass is 19.3. The number of rotatable bonds is 2. The van der Waals surface area contributed by atoms with Crippen LogP contribution >= 0.6 is 0 Å². The lowest BCUT2D eigenvalue weighted by Gasteiger charge is -2.33. The molecule has 0 aliphatic carbocycles. The van der Waals surface area contributed by atoms with Crippen LogP contribution in [0, 0.1) is 0 Å². The van der Waals surface area contributed by atoms with E-state index in [1.807, 2.05) is 0 Å². The summed E-state index contributed by atoms with van der Waals surface area (Å²) in [6.45, 7) is 0.948. The smallest absolute Gasteiger partial charge is 0.264 e. The number of alkyl halides is 2. The van der Waals surface area contributed by atoms with Crippen LogP contribution in [-0.2, 0) is 6.05 Å². The minimum atomic E-state index is -2.87. The molecule has 2 nitrogen and oxygen atoms in total. The van der Waals surface area contributed by atoms with Gasteiger partial charge in [0.25, 0.3) is 0 Å². The first-order valence-corrected chi connectivity index (χ1v) is 5.24. The Bertz CT molecular complexity index is 308. The zero-order valence-corrected chi connectivity index (χ0v) is 8.50. The van der Waals surface area contributed by atoms with E-state index >= 15 is 0 Å². The highest BCUT2D eigenvalue weighted by molar-refractivity contribution is 5.14. The second-order valence-corrected chi connectivity index (χ2v) is 3.83. The maximum absolute atomic E-state index is 13.9. The van der Waals surface area contributed by atoms with Gasteiger partial charge in [0.15, 0.2) is 0 Å². The van der Waals surface area contributed by atoms with E-state index in [1.165, 1.54) is 23.4 Å². The van der Waals surface area contributed by atoms with Crippen molar-refractivity contribution in [3.8, 4) is 0 Å². The van der Waals surface area contributed by atoms with Gasteiger partial charge in [-0.3, -0.25) is 4.98 Å². The molecule has 1 fully saturated rings. The molecule has 82 valence electrons. The number of halogens is 2. The number of pyridine rings is 1. The SMILES string of the molecule is FC(F)(c1cccnc1)N1CCCCC1. The summed E-state index contributed by atoms with van der Waals surface area (Å²) in [6.07, 6.45) is 5.52. The number of likely N-dealkylation sites (tertiary alicyclic amines) is 1. The number of aromatic nitrogens is 1. The van der Waals surface area contributed by atoms with Gasteiger partial charge in [0.05, 0.1) is 5.56 Å². The molecule has 15 heavy (non-hydrogen) atoms. The lowest BCUT2D eigenvalue weighted by atomic mass is 10.1. The summed E-state index contributed by atoms with van der Waals surface area (Å²) in [5.41, 5.74) is -0.00750. The average molecular weight is 212 g/mol. The third-order valence-electron chi connectivity index (χ3n) is 2.76. The molecule has 0 radical (unpaired) electrons. The zero-order chi connectivity index (χ0) is 10.7. The van der Waals surface area contributed by atoms with Crippen molar-refractivity contribution in [1.29, 1.82) is 0 Å². The molecule has 0 atom stereocenters. The maximum Gasteiger partial charge on any atom is 0.333 e. The molecule has 1 aromatic heterocycles. The predicted molar refractivity (Wildman–Crippen MR) is 53.6 cm³/mol. The van der Waals surface area contributed by atoms with Crippen molar-refractivity contribution >= 4 is 0 Å². The van der Waals surface area contributed by atoms with Gasteiger partial charge in [0, 0.05) is 25.5 Å². The molecule has 4 heteroatoms. The van der Waals surface area contributed by atoms with Gasteiger partial charge in [0.1, 0.15) is 0 Å². The van der Waals surface area contributed by atoms with Gasteiger partial charge in [0.2, 0.25) is 0 Å². The van der Waals surface area contributed by atoms with Crippen LogP contribution in [0.1, 0.15) is 24.8 Å². The minimum absolute atomic E-state index is 0.00750. The monoisotopic (exact) mass is 212 g/mol. The first-order valence-electron chi connectivity index (χ1n) is 5.24. The number of nitrogens with zero attached hydrogens (tertiary/aromatic N) is 2. The fraction of sp³-hybridized carbons (Fsp3) is 0.545. The second kappa shape index (κ2) is 4.23. The zero-order valence-electron chi connectivity index (χ0n) is 8.50. The largest absolute Gasteiger partial charge is 0.333 e. The van der Waals surface area contributed by atoms with Gasteiger partial charge in [-0.15, -0.1) is 0 Å². The summed E-state index contributed by atoms with van der Waals surface area (Å²) in [5, 5.41) is 0. The lowest BCUT2D eigenvalue weighted by Crippen LogP contribution is -2.42. The van der Waals surface area contributed by atoms with Crippen molar-refractivity contribution in [2.45, 2.75) is 25.3 Å². The third kappa shape index (κ3) is 2.15. The summed E-state index contributed by atoms with van der Waals surface area (Å²) in [5.74, 6) is 0. The van der Waals surface area contributed by atoms with E-state index in [1.54, 1.807) is 6.07 Å². The molecular weight excluding hydrogens is 198 g/mol. The van der Waals surface area contributed by atoms with Gasteiger partial charge < -0.3 is 0 Å². The molecular formula is C11H14F2N2. The Kier molecular flexibility index (Phi) is 2.95. The van der Waals surface area contributed by atoms with Gasteiger partial charge in [-0.2, -0.15) is 8.78 Å².